The summed E-state index contributed by atoms with van der Waals surface area (Å²) in [5, 5.41) is 19.6. The normalized spacial score (nSPS) is 27.4. The Bertz CT molecular complexity index is 217. The smallest absolute Gasteiger partial charge is 0.329 e. The topological polar surface area (TPSA) is 95.9 Å². The molecule has 0 aliphatic carbocycles. The second kappa shape index (κ2) is 4.20. The van der Waals surface area contributed by atoms with Crippen LogP contribution in [0.15, 0.2) is 0 Å². The maximum atomic E-state index is 10.5. The zero-order valence-electron chi connectivity index (χ0n) is 6.90. The number of ether oxygens (including phenoxy) is 1. The predicted molar refractivity (Wildman–Crippen MR) is 41.4 cm³/mol. The minimum absolute atomic E-state index is 0.308. The van der Waals surface area contributed by atoms with Gasteiger partial charge >= 0.3 is 11.9 Å². The largest absolute Gasteiger partial charge is 0.480 e. The molecular formula is C7H11NO5. The summed E-state index contributed by atoms with van der Waals surface area (Å²) in [5.41, 5.74) is 0. The van der Waals surface area contributed by atoms with Crippen LogP contribution < -0.4 is 5.32 Å². The maximum Gasteiger partial charge on any atom is 0.329 e. The van der Waals surface area contributed by atoms with Crippen LogP contribution >= 0.6 is 0 Å². The van der Waals surface area contributed by atoms with E-state index < -0.39 is 18.0 Å². The lowest BCUT2D eigenvalue weighted by atomic mass is 10.2. The fourth-order valence-electron chi connectivity index (χ4n) is 1.21. The molecule has 0 bridgehead atoms. The number of carboxylic acid groups (broad SMARTS) is 2. The van der Waals surface area contributed by atoms with Crippen molar-refractivity contribution in [1.82, 2.24) is 5.32 Å². The van der Waals surface area contributed by atoms with E-state index in [9.17, 15) is 9.59 Å². The molecule has 0 aromatic heterocycles. The molecule has 6 heteroatoms. The Morgan fingerprint density at radius 3 is 2.62 bits per heavy atom. The second-order valence-corrected chi connectivity index (χ2v) is 2.86. The van der Waals surface area contributed by atoms with Gasteiger partial charge in [0.05, 0.1) is 6.10 Å². The molecule has 1 aliphatic rings. The van der Waals surface area contributed by atoms with Crippen molar-refractivity contribution in [2.75, 3.05) is 13.2 Å². The molecule has 0 saturated carbocycles. The maximum absolute atomic E-state index is 10.5. The summed E-state index contributed by atoms with van der Waals surface area (Å²) in [6, 6.07) is -0.612. The number of carbonyl (C=O) groups is 2. The molecule has 1 fully saturated rings. The van der Waals surface area contributed by atoms with Crippen molar-refractivity contribution in [3.63, 3.8) is 0 Å². The molecule has 1 saturated heterocycles. The summed E-state index contributed by atoms with van der Waals surface area (Å²) >= 11 is 0. The van der Waals surface area contributed by atoms with Gasteiger partial charge in [-0.1, -0.05) is 0 Å². The third kappa shape index (κ3) is 3.00. The van der Waals surface area contributed by atoms with E-state index in [4.69, 9.17) is 14.9 Å². The van der Waals surface area contributed by atoms with E-state index in [0.29, 0.717) is 13.0 Å². The van der Waals surface area contributed by atoms with Gasteiger partial charge in [0.25, 0.3) is 0 Å². The van der Waals surface area contributed by atoms with Crippen LogP contribution in [-0.4, -0.2) is 47.4 Å². The van der Waals surface area contributed by atoms with Gasteiger partial charge in [-0.2, -0.15) is 0 Å². The van der Waals surface area contributed by atoms with E-state index >= 15 is 0 Å². The van der Waals surface area contributed by atoms with Crippen molar-refractivity contribution in [2.45, 2.75) is 18.6 Å². The molecule has 1 heterocycles. The van der Waals surface area contributed by atoms with Crippen molar-refractivity contribution in [1.29, 1.82) is 0 Å². The van der Waals surface area contributed by atoms with E-state index in [1.54, 1.807) is 0 Å². The Kier molecular flexibility index (Phi) is 3.21. The third-order valence-electron chi connectivity index (χ3n) is 1.83. The zero-order chi connectivity index (χ0) is 9.84. The van der Waals surface area contributed by atoms with Crippen LogP contribution in [0.2, 0.25) is 0 Å². The van der Waals surface area contributed by atoms with Gasteiger partial charge in [-0.3, -0.25) is 4.79 Å². The van der Waals surface area contributed by atoms with Gasteiger partial charge in [0.2, 0.25) is 0 Å². The highest BCUT2D eigenvalue weighted by Crippen LogP contribution is 2.10. The Labute approximate surface area is 74.5 Å². The predicted octanol–water partition coefficient (Wildman–Crippen LogP) is -1.10. The van der Waals surface area contributed by atoms with Crippen LogP contribution in [0.25, 0.3) is 0 Å². The minimum atomic E-state index is -1.04. The highest BCUT2D eigenvalue weighted by atomic mass is 16.5. The molecule has 0 aromatic rings. The first-order valence-electron chi connectivity index (χ1n) is 3.89. The fourth-order valence-corrected chi connectivity index (χ4v) is 1.21. The highest BCUT2D eigenvalue weighted by Gasteiger charge is 2.29. The minimum Gasteiger partial charge on any atom is -0.480 e. The molecule has 0 radical (unpaired) electrons. The summed E-state index contributed by atoms with van der Waals surface area (Å²) in [5.74, 6) is -1.97. The lowest BCUT2D eigenvalue weighted by molar-refractivity contribution is -0.144. The molecule has 0 aromatic carbocycles. The molecule has 2 atom stereocenters. The van der Waals surface area contributed by atoms with Crippen molar-refractivity contribution < 1.29 is 24.5 Å². The first-order chi connectivity index (χ1) is 6.09. The standard InChI is InChI=1S/C7H11NO5/c9-6(10)3-13-4-1-5(7(11)12)8-2-4/h4-5,8H,1-3H2,(H,9,10)(H,11,12)/t4-,5?/m1/s1. The van der Waals surface area contributed by atoms with Crippen molar-refractivity contribution >= 4 is 11.9 Å². The van der Waals surface area contributed by atoms with Gasteiger partial charge in [-0.25, -0.2) is 4.79 Å². The van der Waals surface area contributed by atoms with Crippen LogP contribution in [0, 0.1) is 0 Å². The average molecular weight is 189 g/mol. The molecule has 1 rings (SSSR count). The van der Waals surface area contributed by atoms with E-state index in [1.165, 1.54) is 0 Å². The summed E-state index contributed by atoms with van der Waals surface area (Å²) in [4.78, 5) is 20.6. The molecule has 13 heavy (non-hydrogen) atoms. The number of carboxylic acids is 2. The van der Waals surface area contributed by atoms with Crippen LogP contribution in [0.5, 0.6) is 0 Å². The lowest BCUT2D eigenvalue weighted by Gasteiger charge is -2.07. The summed E-state index contributed by atoms with van der Waals surface area (Å²) < 4.78 is 4.92. The van der Waals surface area contributed by atoms with Crippen molar-refractivity contribution in [3.8, 4) is 0 Å². The molecular weight excluding hydrogens is 178 g/mol. The summed E-state index contributed by atoms with van der Waals surface area (Å²) in [7, 11) is 0. The second-order valence-electron chi connectivity index (χ2n) is 2.86. The molecule has 74 valence electrons. The van der Waals surface area contributed by atoms with Crippen LogP contribution in [0.1, 0.15) is 6.42 Å². The van der Waals surface area contributed by atoms with Gasteiger partial charge < -0.3 is 20.3 Å². The van der Waals surface area contributed by atoms with Gasteiger partial charge in [0.1, 0.15) is 12.6 Å². The van der Waals surface area contributed by atoms with E-state index in [0.717, 1.165) is 0 Å². The van der Waals surface area contributed by atoms with Gasteiger partial charge in [0.15, 0.2) is 0 Å². The fraction of sp³-hybridized carbons (Fsp3) is 0.714. The third-order valence-corrected chi connectivity index (χ3v) is 1.83. The van der Waals surface area contributed by atoms with Gasteiger partial charge in [-0.05, 0) is 0 Å². The molecule has 1 aliphatic heterocycles. The monoisotopic (exact) mass is 189 g/mol. The van der Waals surface area contributed by atoms with Gasteiger partial charge in [-0.15, -0.1) is 0 Å². The molecule has 0 spiro atoms. The molecule has 0 amide bonds. The SMILES string of the molecule is O=C(O)CO[C@H]1CNC(C(=O)O)C1. The average Bonchev–Trinajstić information content (AvgIpc) is 2.48. The van der Waals surface area contributed by atoms with Crippen LogP contribution in [0.3, 0.4) is 0 Å². The Morgan fingerprint density at radius 1 is 1.46 bits per heavy atom. The van der Waals surface area contributed by atoms with E-state index in [2.05, 4.69) is 5.32 Å². The van der Waals surface area contributed by atoms with Crippen LogP contribution in [-0.2, 0) is 14.3 Å². The Morgan fingerprint density at radius 2 is 2.15 bits per heavy atom. The molecule has 6 nitrogen and oxygen atoms in total. The number of hydrogen-bond donors (Lipinski definition) is 3. The van der Waals surface area contributed by atoms with E-state index in [-0.39, 0.29) is 12.7 Å². The lowest BCUT2D eigenvalue weighted by Crippen LogP contribution is -2.30. The summed E-state index contributed by atoms with van der Waals surface area (Å²) in [6.45, 7) is 0.0168. The Balaban J connectivity index is 2.25. The number of nitrogens with one attached hydrogen (secondary N) is 1. The van der Waals surface area contributed by atoms with Crippen molar-refractivity contribution in [2.24, 2.45) is 0 Å². The van der Waals surface area contributed by atoms with E-state index in [1.807, 2.05) is 0 Å². The molecule has 3 N–H and O–H groups in total. The molecule has 1 unspecified atom stereocenters. The highest BCUT2D eigenvalue weighted by molar-refractivity contribution is 5.74. The zero-order valence-corrected chi connectivity index (χ0v) is 6.90. The van der Waals surface area contributed by atoms with Crippen LogP contribution in [0.4, 0.5) is 0 Å². The number of hydrogen-bond acceptors (Lipinski definition) is 4. The number of aliphatic carboxylic acids is 2. The van der Waals surface area contributed by atoms with Crippen molar-refractivity contribution in [3.05, 3.63) is 0 Å². The first kappa shape index (κ1) is 9.94. The first-order valence-corrected chi connectivity index (χ1v) is 3.89. The quantitative estimate of drug-likeness (QED) is 0.519. The van der Waals surface area contributed by atoms with Gasteiger partial charge in [0, 0.05) is 13.0 Å². The summed E-state index contributed by atoms with van der Waals surface area (Å²) in [6.07, 6.45) is 0.0139. The number of rotatable bonds is 4. The Hall–Kier alpha value is -1.14.